The Morgan fingerprint density at radius 2 is 1.17 bits per heavy atom. The van der Waals surface area contributed by atoms with Crippen LogP contribution in [0, 0.1) is 5.41 Å². The maximum absolute atomic E-state index is 14.2. The van der Waals surface area contributed by atoms with Crippen molar-refractivity contribution in [1.82, 2.24) is 0 Å². The van der Waals surface area contributed by atoms with Crippen molar-refractivity contribution in [2.45, 2.75) is 39.3 Å². The number of aliphatic carboxylic acids is 1. The van der Waals surface area contributed by atoms with Crippen LogP contribution in [0.3, 0.4) is 0 Å². The highest BCUT2D eigenvalue weighted by Crippen LogP contribution is 2.61. The smallest absolute Gasteiger partial charge is 0.356 e. The Hall–Kier alpha value is -3.30. The van der Waals surface area contributed by atoms with E-state index in [0.717, 1.165) is 15.9 Å². The maximum atomic E-state index is 14.2. The fourth-order valence-electron chi connectivity index (χ4n) is 4.65. The molecular weight excluding hydrogens is 459 g/mol. The lowest BCUT2D eigenvalue weighted by molar-refractivity contribution is -0.145. The van der Waals surface area contributed by atoms with E-state index in [2.05, 4.69) is 0 Å². The summed E-state index contributed by atoms with van der Waals surface area (Å²) in [5.41, 5.74) is -1.93. The number of carboxylic acid groups (broad SMARTS) is 1. The minimum atomic E-state index is -2.90. The summed E-state index contributed by atoms with van der Waals surface area (Å²) >= 11 is 0. The summed E-state index contributed by atoms with van der Waals surface area (Å²) in [7, 11) is -2.90. The second kappa shape index (κ2) is 11.4. The van der Waals surface area contributed by atoms with E-state index in [0.29, 0.717) is 0 Å². The lowest BCUT2D eigenvalue weighted by Crippen LogP contribution is -2.48. The number of esters is 1. The molecule has 0 bridgehead atoms. The highest BCUT2D eigenvalue weighted by Gasteiger charge is 2.60. The van der Waals surface area contributed by atoms with Gasteiger partial charge in [0.1, 0.15) is 23.2 Å². The number of Topliss-reactive ketones (excluding diaryl/α,β-unsaturated/α-hetero) is 1. The molecule has 0 saturated heterocycles. The molecule has 3 rings (SSSR count). The van der Waals surface area contributed by atoms with Crippen LogP contribution in [0.4, 0.5) is 0 Å². The molecule has 35 heavy (non-hydrogen) atoms. The molecule has 0 saturated carbocycles. The number of hydrogen-bond donors (Lipinski definition) is 1. The number of hydrogen-bond acceptors (Lipinski definition) is 4. The van der Waals surface area contributed by atoms with Crippen molar-refractivity contribution in [3.63, 3.8) is 0 Å². The van der Waals surface area contributed by atoms with Crippen LogP contribution in [-0.2, 0) is 19.1 Å². The van der Waals surface area contributed by atoms with Crippen LogP contribution in [-0.4, -0.2) is 35.1 Å². The minimum absolute atomic E-state index is 0.0585. The first-order valence-corrected chi connectivity index (χ1v) is 13.5. The third-order valence-corrected chi connectivity index (χ3v) is 10.6. The SMILES string of the molecule is CCOC(=O)C(C(=O)CC(C)(C)CC(=O)O)[P+](c1ccccc1)(c1ccccc1)c1ccccc1. The maximum Gasteiger partial charge on any atom is 0.356 e. The zero-order chi connectivity index (χ0) is 25.5. The summed E-state index contributed by atoms with van der Waals surface area (Å²) in [6.07, 6.45) is -0.237. The summed E-state index contributed by atoms with van der Waals surface area (Å²) in [6.45, 7) is 5.35. The number of benzene rings is 3. The molecule has 5 nitrogen and oxygen atoms in total. The molecule has 0 amide bonds. The van der Waals surface area contributed by atoms with E-state index in [1.807, 2.05) is 91.0 Å². The van der Waals surface area contributed by atoms with E-state index in [1.165, 1.54) is 0 Å². The highest BCUT2D eigenvalue weighted by molar-refractivity contribution is 7.97. The zero-order valence-corrected chi connectivity index (χ0v) is 21.3. The molecule has 0 radical (unpaired) electrons. The first-order valence-electron chi connectivity index (χ1n) is 11.7. The molecule has 0 heterocycles. The standard InChI is InChI=1S/C29H31O5P/c1-4-34-28(33)27(25(30)20-29(2,3)21-26(31)32)35(22-14-8-5-9-15-22,23-16-10-6-11-17-23)24-18-12-7-13-19-24/h5-19,27H,4,20-21H2,1-3H3/p+1. The quantitative estimate of drug-likeness (QED) is 0.245. The predicted molar refractivity (Wildman–Crippen MR) is 141 cm³/mol. The van der Waals surface area contributed by atoms with Crippen LogP contribution < -0.4 is 15.9 Å². The molecule has 0 aliphatic carbocycles. The first kappa shape index (κ1) is 26.3. The monoisotopic (exact) mass is 491 g/mol. The normalized spacial score (nSPS) is 12.5. The summed E-state index contributed by atoms with van der Waals surface area (Å²) < 4.78 is 5.54. The molecule has 0 aromatic heterocycles. The number of carbonyl (C=O) groups excluding carboxylic acids is 2. The van der Waals surface area contributed by atoms with Gasteiger partial charge in [0.15, 0.2) is 5.78 Å². The molecule has 0 spiro atoms. The Morgan fingerprint density at radius 1 is 0.771 bits per heavy atom. The van der Waals surface area contributed by atoms with Crippen LogP contribution in [0.2, 0.25) is 0 Å². The van der Waals surface area contributed by atoms with E-state index in [1.54, 1.807) is 20.8 Å². The molecule has 1 N–H and O–H groups in total. The topological polar surface area (TPSA) is 80.7 Å². The third-order valence-electron chi connectivity index (χ3n) is 5.98. The summed E-state index contributed by atoms with van der Waals surface area (Å²) in [6, 6.07) is 29.0. The molecule has 1 atom stereocenters. The molecule has 182 valence electrons. The van der Waals surface area contributed by atoms with E-state index in [-0.39, 0.29) is 25.2 Å². The lowest BCUT2D eigenvalue weighted by atomic mass is 9.83. The average molecular weight is 492 g/mol. The Kier molecular flexibility index (Phi) is 8.58. The van der Waals surface area contributed by atoms with Crippen molar-refractivity contribution < 1.29 is 24.2 Å². The van der Waals surface area contributed by atoms with Crippen LogP contribution >= 0.6 is 7.26 Å². The second-order valence-corrected chi connectivity index (χ2v) is 12.8. The lowest BCUT2D eigenvalue weighted by Gasteiger charge is -2.34. The van der Waals surface area contributed by atoms with Gasteiger partial charge in [-0.3, -0.25) is 9.59 Å². The number of ketones is 1. The van der Waals surface area contributed by atoms with Crippen LogP contribution in [0.25, 0.3) is 0 Å². The highest BCUT2D eigenvalue weighted by atomic mass is 31.2. The van der Waals surface area contributed by atoms with Crippen molar-refractivity contribution in [1.29, 1.82) is 0 Å². The first-order chi connectivity index (χ1) is 16.7. The van der Waals surface area contributed by atoms with E-state index in [4.69, 9.17) is 4.74 Å². The molecule has 0 aliphatic rings. The summed E-state index contributed by atoms with van der Waals surface area (Å²) in [5.74, 6) is -1.86. The average Bonchev–Trinajstić information content (AvgIpc) is 2.83. The Bertz CT molecular complexity index is 1050. The number of ether oxygens (including phenoxy) is 1. The van der Waals surface area contributed by atoms with Crippen molar-refractivity contribution in [2.75, 3.05) is 6.61 Å². The zero-order valence-electron chi connectivity index (χ0n) is 20.4. The van der Waals surface area contributed by atoms with Gasteiger partial charge in [-0.15, -0.1) is 0 Å². The molecule has 3 aromatic rings. The van der Waals surface area contributed by atoms with Crippen molar-refractivity contribution >= 4 is 40.9 Å². The third kappa shape index (κ3) is 5.86. The van der Waals surface area contributed by atoms with Gasteiger partial charge in [-0.25, -0.2) is 4.79 Å². The second-order valence-electron chi connectivity index (χ2n) is 9.26. The van der Waals surface area contributed by atoms with Gasteiger partial charge in [-0.1, -0.05) is 68.4 Å². The van der Waals surface area contributed by atoms with Crippen molar-refractivity contribution in [2.24, 2.45) is 5.41 Å². The van der Waals surface area contributed by atoms with E-state index < -0.39 is 30.3 Å². The van der Waals surface area contributed by atoms with Gasteiger partial charge in [0.05, 0.1) is 13.0 Å². The summed E-state index contributed by atoms with van der Waals surface area (Å²) in [4.78, 5) is 39.4. The van der Waals surface area contributed by atoms with Crippen LogP contribution in [0.5, 0.6) is 0 Å². The molecule has 6 heteroatoms. The van der Waals surface area contributed by atoms with Gasteiger partial charge >= 0.3 is 11.9 Å². The fourth-order valence-corrected chi connectivity index (χ4v) is 9.28. The molecule has 1 unspecified atom stereocenters. The molecule has 0 aliphatic heterocycles. The van der Waals surface area contributed by atoms with Gasteiger partial charge in [-0.2, -0.15) is 0 Å². The Labute approximate surface area is 207 Å². The number of carbonyl (C=O) groups is 3. The predicted octanol–water partition coefficient (Wildman–Crippen LogP) is 4.37. The number of carboxylic acids is 1. The number of rotatable bonds is 11. The Morgan fingerprint density at radius 3 is 1.51 bits per heavy atom. The molecule has 3 aromatic carbocycles. The van der Waals surface area contributed by atoms with Gasteiger partial charge in [0.25, 0.3) is 0 Å². The van der Waals surface area contributed by atoms with Crippen LogP contribution in [0.1, 0.15) is 33.6 Å². The van der Waals surface area contributed by atoms with Crippen LogP contribution in [0.15, 0.2) is 91.0 Å². The van der Waals surface area contributed by atoms with E-state index >= 15 is 0 Å². The van der Waals surface area contributed by atoms with E-state index in [9.17, 15) is 19.5 Å². The largest absolute Gasteiger partial charge is 0.481 e. The molecular formula is C29H32O5P+. The fraction of sp³-hybridized carbons (Fsp3) is 0.276. The Balaban J connectivity index is 2.35. The minimum Gasteiger partial charge on any atom is -0.481 e. The van der Waals surface area contributed by atoms with Gasteiger partial charge in [0.2, 0.25) is 5.66 Å². The van der Waals surface area contributed by atoms with Gasteiger partial charge in [0, 0.05) is 6.42 Å². The molecule has 0 fully saturated rings. The summed E-state index contributed by atoms with van der Waals surface area (Å²) in [5, 5.41) is 12.1. The van der Waals surface area contributed by atoms with Crippen molar-refractivity contribution in [3.05, 3.63) is 91.0 Å². The van der Waals surface area contributed by atoms with Gasteiger partial charge < -0.3 is 9.84 Å². The van der Waals surface area contributed by atoms with Crippen molar-refractivity contribution in [3.8, 4) is 0 Å². The van der Waals surface area contributed by atoms with Gasteiger partial charge in [-0.05, 0) is 48.7 Å².